The Hall–Kier alpha value is -2.90. The number of pyridine rings is 1. The molecule has 1 fully saturated rings. The summed E-state index contributed by atoms with van der Waals surface area (Å²) in [4.78, 5) is 14.5. The summed E-state index contributed by atoms with van der Waals surface area (Å²) in [5.41, 5.74) is 4.43. The summed E-state index contributed by atoms with van der Waals surface area (Å²) in [5, 5.41) is 5.36. The number of aryl methyl sites for hydroxylation is 3. The Labute approximate surface area is 196 Å². The van der Waals surface area contributed by atoms with Gasteiger partial charge in [0.15, 0.2) is 5.65 Å². The fraction of sp³-hybridized carbons (Fsp3) is 0.360. The fourth-order valence-electron chi connectivity index (χ4n) is 4.51. The minimum atomic E-state index is -0.416. The lowest BCUT2D eigenvalue weighted by Crippen LogP contribution is -2.26. The number of benzene rings is 1. The van der Waals surface area contributed by atoms with Gasteiger partial charge < -0.3 is 4.74 Å². The zero-order valence-electron chi connectivity index (χ0n) is 19.0. The molecule has 1 aliphatic heterocycles. The van der Waals surface area contributed by atoms with Gasteiger partial charge in [-0.05, 0) is 63.4 Å². The molecule has 8 heteroatoms. The van der Waals surface area contributed by atoms with Gasteiger partial charge in [0.25, 0.3) is 0 Å². The van der Waals surface area contributed by atoms with Crippen LogP contribution in [-0.4, -0.2) is 30.8 Å². The van der Waals surface area contributed by atoms with Crippen molar-refractivity contribution in [3.05, 3.63) is 70.1 Å². The van der Waals surface area contributed by atoms with Crippen molar-refractivity contribution in [3.63, 3.8) is 0 Å². The first kappa shape index (κ1) is 21.9. The molecule has 0 spiro atoms. The third-order valence-electron chi connectivity index (χ3n) is 6.31. The topological polar surface area (TPSA) is 65.7 Å². The number of aromatic nitrogens is 5. The van der Waals surface area contributed by atoms with E-state index in [1.807, 2.05) is 39.4 Å². The van der Waals surface area contributed by atoms with E-state index in [1.54, 1.807) is 16.8 Å². The van der Waals surface area contributed by atoms with Crippen molar-refractivity contribution in [3.8, 4) is 11.3 Å². The van der Waals surface area contributed by atoms with Crippen molar-refractivity contribution in [1.82, 2.24) is 24.7 Å². The van der Waals surface area contributed by atoms with Crippen molar-refractivity contribution < 1.29 is 9.13 Å². The summed E-state index contributed by atoms with van der Waals surface area (Å²) in [7, 11) is 1.89. The Morgan fingerprint density at radius 1 is 1.12 bits per heavy atom. The molecule has 0 saturated carbocycles. The second-order valence-electron chi connectivity index (χ2n) is 8.87. The molecule has 170 valence electrons. The summed E-state index contributed by atoms with van der Waals surface area (Å²) >= 11 is 6.01. The van der Waals surface area contributed by atoms with Crippen LogP contribution in [0.1, 0.15) is 54.4 Å². The normalized spacial score (nSPS) is 21.0. The summed E-state index contributed by atoms with van der Waals surface area (Å²) in [6, 6.07) is 6.64. The third kappa shape index (κ3) is 4.23. The van der Waals surface area contributed by atoms with Gasteiger partial charge in [0.1, 0.15) is 11.6 Å². The van der Waals surface area contributed by atoms with E-state index in [1.165, 1.54) is 6.07 Å². The molecule has 0 N–H and O–H groups in total. The van der Waals surface area contributed by atoms with E-state index >= 15 is 0 Å². The lowest BCUT2D eigenvalue weighted by atomic mass is 9.89. The second kappa shape index (κ2) is 8.47. The van der Waals surface area contributed by atoms with Gasteiger partial charge in [-0.2, -0.15) is 5.10 Å². The highest BCUT2D eigenvalue weighted by atomic mass is 35.5. The van der Waals surface area contributed by atoms with E-state index < -0.39 is 5.82 Å². The first-order valence-corrected chi connectivity index (χ1v) is 11.4. The summed E-state index contributed by atoms with van der Waals surface area (Å²) < 4.78 is 23.0. The van der Waals surface area contributed by atoms with Gasteiger partial charge in [-0.15, -0.1) is 0 Å². The number of hydrogen-bond donors (Lipinski definition) is 0. The Kier molecular flexibility index (Phi) is 5.62. The molecule has 4 heterocycles. The van der Waals surface area contributed by atoms with Crippen LogP contribution in [0.15, 0.2) is 36.7 Å². The third-order valence-corrected chi connectivity index (χ3v) is 6.54. The van der Waals surface area contributed by atoms with Crippen LogP contribution in [0.3, 0.4) is 0 Å². The number of nitrogens with zero attached hydrogens (tertiary/aromatic N) is 5. The molecule has 0 bridgehead atoms. The average Bonchev–Trinajstić information content (AvgIpc) is 3.20. The molecule has 1 saturated heterocycles. The number of hydrogen-bond acceptors (Lipinski definition) is 5. The molecule has 6 nitrogen and oxygen atoms in total. The summed E-state index contributed by atoms with van der Waals surface area (Å²) in [6.07, 6.45) is 5.23. The first-order chi connectivity index (χ1) is 15.8. The van der Waals surface area contributed by atoms with Gasteiger partial charge in [0.2, 0.25) is 0 Å². The molecule has 5 rings (SSSR count). The van der Waals surface area contributed by atoms with Crippen molar-refractivity contribution in [1.29, 1.82) is 0 Å². The predicted octanol–water partition coefficient (Wildman–Crippen LogP) is 5.86. The highest BCUT2D eigenvalue weighted by molar-refractivity contribution is 6.30. The van der Waals surface area contributed by atoms with Crippen LogP contribution in [-0.2, 0) is 11.8 Å². The molecule has 4 aromatic rings. The van der Waals surface area contributed by atoms with Crippen molar-refractivity contribution in [2.45, 2.75) is 51.7 Å². The zero-order valence-corrected chi connectivity index (χ0v) is 19.8. The van der Waals surface area contributed by atoms with Gasteiger partial charge in [-0.1, -0.05) is 11.6 Å². The van der Waals surface area contributed by atoms with Crippen LogP contribution in [0, 0.1) is 19.7 Å². The van der Waals surface area contributed by atoms with Crippen LogP contribution >= 0.6 is 11.6 Å². The van der Waals surface area contributed by atoms with Crippen molar-refractivity contribution in [2.24, 2.45) is 7.05 Å². The fourth-order valence-corrected chi connectivity index (χ4v) is 4.67. The van der Waals surface area contributed by atoms with Crippen LogP contribution in [0.4, 0.5) is 4.39 Å². The molecule has 33 heavy (non-hydrogen) atoms. The van der Waals surface area contributed by atoms with Crippen molar-refractivity contribution >= 4 is 22.6 Å². The number of halogens is 2. The lowest BCUT2D eigenvalue weighted by Gasteiger charge is -2.33. The largest absolute Gasteiger partial charge is 0.370 e. The quantitative estimate of drug-likeness (QED) is 0.379. The Morgan fingerprint density at radius 2 is 1.94 bits per heavy atom. The lowest BCUT2D eigenvalue weighted by molar-refractivity contribution is -0.0511. The average molecular weight is 466 g/mol. The van der Waals surface area contributed by atoms with E-state index in [2.05, 4.69) is 12.0 Å². The standard InChI is InChI=1S/C25H25ClFN5O/c1-13-7-20-23(19-6-5-18(26)10-21(19)27)30-24(31-25(20)29-15(13)3)16-8-14(2)33-22(9-16)17-11-28-32(4)12-17/h5-7,10-12,14,16,22H,8-9H2,1-4H3/t14-,16+,22-/m0/s1. The molecule has 0 unspecified atom stereocenters. The number of rotatable bonds is 3. The molecular weight excluding hydrogens is 441 g/mol. The predicted molar refractivity (Wildman–Crippen MR) is 126 cm³/mol. The maximum Gasteiger partial charge on any atom is 0.163 e. The van der Waals surface area contributed by atoms with E-state index in [-0.39, 0.29) is 18.1 Å². The van der Waals surface area contributed by atoms with Crippen LogP contribution in [0.5, 0.6) is 0 Å². The monoisotopic (exact) mass is 465 g/mol. The zero-order chi connectivity index (χ0) is 23.3. The Bertz CT molecular complexity index is 1350. The molecule has 0 amide bonds. The molecular formula is C25H25ClFN5O. The maximum atomic E-state index is 15.0. The van der Waals surface area contributed by atoms with Gasteiger partial charge in [-0.25, -0.2) is 19.3 Å². The Morgan fingerprint density at radius 3 is 2.67 bits per heavy atom. The highest BCUT2D eigenvalue weighted by Crippen LogP contribution is 2.40. The number of ether oxygens (including phenoxy) is 1. The second-order valence-corrected chi connectivity index (χ2v) is 9.30. The first-order valence-electron chi connectivity index (χ1n) is 11.0. The van der Waals surface area contributed by atoms with E-state index in [0.717, 1.165) is 35.0 Å². The van der Waals surface area contributed by atoms with E-state index in [9.17, 15) is 4.39 Å². The SMILES string of the molecule is Cc1cc2c(-c3ccc(Cl)cc3F)nc([C@H]3C[C@@H](c4cnn(C)c4)O[C@@H](C)C3)nc2nc1C. The molecule has 0 aliphatic carbocycles. The van der Waals surface area contributed by atoms with Gasteiger partial charge in [0.05, 0.1) is 24.1 Å². The van der Waals surface area contributed by atoms with Crippen molar-refractivity contribution in [2.75, 3.05) is 0 Å². The molecule has 3 atom stereocenters. The van der Waals surface area contributed by atoms with Crippen LogP contribution in [0.2, 0.25) is 5.02 Å². The summed E-state index contributed by atoms with van der Waals surface area (Å²) in [5.74, 6) is 0.285. The number of fused-ring (bicyclic) bond motifs is 1. The van der Waals surface area contributed by atoms with E-state index in [0.29, 0.717) is 27.8 Å². The van der Waals surface area contributed by atoms with Gasteiger partial charge in [-0.3, -0.25) is 4.68 Å². The molecule has 3 aromatic heterocycles. The molecule has 1 aromatic carbocycles. The Balaban J connectivity index is 1.64. The minimum Gasteiger partial charge on any atom is -0.370 e. The maximum absolute atomic E-state index is 15.0. The van der Waals surface area contributed by atoms with Gasteiger partial charge in [0, 0.05) is 46.4 Å². The highest BCUT2D eigenvalue weighted by Gasteiger charge is 2.32. The smallest absolute Gasteiger partial charge is 0.163 e. The van der Waals surface area contributed by atoms with E-state index in [4.69, 9.17) is 31.3 Å². The molecule has 0 radical (unpaired) electrons. The van der Waals surface area contributed by atoms with Crippen LogP contribution in [0.25, 0.3) is 22.3 Å². The minimum absolute atomic E-state index is 0.0247. The summed E-state index contributed by atoms with van der Waals surface area (Å²) in [6.45, 7) is 5.99. The molecule has 1 aliphatic rings. The van der Waals surface area contributed by atoms with Crippen LogP contribution < -0.4 is 0 Å². The van der Waals surface area contributed by atoms with Gasteiger partial charge >= 0.3 is 0 Å².